The van der Waals surface area contributed by atoms with Crippen LogP contribution in [0.3, 0.4) is 0 Å². The topological polar surface area (TPSA) is 51.7 Å². The van der Waals surface area contributed by atoms with E-state index in [1.807, 2.05) is 42.5 Å². The maximum atomic E-state index is 12.8. The van der Waals surface area contributed by atoms with Gasteiger partial charge >= 0.3 is 6.09 Å². The van der Waals surface area contributed by atoms with Gasteiger partial charge in [-0.2, -0.15) is 0 Å². The largest absolute Gasteiger partial charge is 0.455 e. The minimum atomic E-state index is -0.543. The molecule has 1 saturated heterocycles. The molecular formula is C20H13ClN2O3. The first-order valence-electron chi connectivity index (χ1n) is 8.19. The van der Waals surface area contributed by atoms with Crippen molar-refractivity contribution in [2.45, 2.75) is 12.1 Å². The molecule has 1 unspecified atom stereocenters. The van der Waals surface area contributed by atoms with Gasteiger partial charge in [0.05, 0.1) is 11.4 Å². The molecule has 0 bridgehead atoms. The second-order valence-electron chi connectivity index (χ2n) is 6.13. The van der Waals surface area contributed by atoms with Crippen LogP contribution in [0.15, 0.2) is 66.9 Å². The van der Waals surface area contributed by atoms with Crippen molar-refractivity contribution in [3.8, 4) is 11.5 Å². The molecule has 2 atom stereocenters. The van der Waals surface area contributed by atoms with Crippen molar-refractivity contribution < 1.29 is 14.3 Å². The summed E-state index contributed by atoms with van der Waals surface area (Å²) in [5.74, 6) is 1.24. The van der Waals surface area contributed by atoms with Crippen molar-refractivity contribution in [1.29, 1.82) is 0 Å². The van der Waals surface area contributed by atoms with Gasteiger partial charge in [0, 0.05) is 16.8 Å². The Kier molecular flexibility index (Phi) is 3.36. The fraction of sp³-hybridized carbons (Fsp3) is 0.100. The Balaban J connectivity index is 1.76. The number of carbonyl (C=O) groups excluding carboxylic acids is 1. The van der Waals surface area contributed by atoms with Crippen molar-refractivity contribution in [1.82, 2.24) is 4.98 Å². The maximum Gasteiger partial charge on any atom is 0.415 e. The molecular weight excluding hydrogens is 352 g/mol. The van der Waals surface area contributed by atoms with Gasteiger partial charge < -0.3 is 9.47 Å². The summed E-state index contributed by atoms with van der Waals surface area (Å²) < 4.78 is 11.8. The van der Waals surface area contributed by atoms with Gasteiger partial charge in [0.15, 0.2) is 11.9 Å². The van der Waals surface area contributed by atoms with E-state index < -0.39 is 18.2 Å². The average Bonchev–Trinajstić information content (AvgIpc) is 2.93. The van der Waals surface area contributed by atoms with Gasteiger partial charge in [0.2, 0.25) is 0 Å². The number of para-hydroxylation sites is 1. The molecule has 26 heavy (non-hydrogen) atoms. The second kappa shape index (κ2) is 5.75. The molecule has 0 spiro atoms. The van der Waals surface area contributed by atoms with Gasteiger partial charge in [-0.25, -0.2) is 4.79 Å². The van der Waals surface area contributed by atoms with E-state index in [9.17, 15) is 4.79 Å². The van der Waals surface area contributed by atoms with Crippen LogP contribution in [0.25, 0.3) is 0 Å². The van der Waals surface area contributed by atoms with Crippen LogP contribution in [0.1, 0.15) is 23.4 Å². The Bertz CT molecular complexity index is 1010. The van der Waals surface area contributed by atoms with E-state index >= 15 is 0 Å². The van der Waals surface area contributed by atoms with Crippen molar-refractivity contribution in [3.63, 3.8) is 0 Å². The summed E-state index contributed by atoms with van der Waals surface area (Å²) in [5, 5.41) is 0.520. The molecule has 1 fully saturated rings. The van der Waals surface area contributed by atoms with Gasteiger partial charge in [-0.1, -0.05) is 35.9 Å². The molecule has 3 aromatic rings. The van der Waals surface area contributed by atoms with Crippen LogP contribution < -0.4 is 9.64 Å². The molecule has 0 saturated carbocycles. The zero-order valence-corrected chi connectivity index (χ0v) is 14.3. The van der Waals surface area contributed by atoms with E-state index in [0.29, 0.717) is 27.9 Å². The molecule has 5 rings (SSSR count). The fourth-order valence-corrected chi connectivity index (χ4v) is 3.66. The fourth-order valence-electron chi connectivity index (χ4n) is 3.50. The standard InChI is InChI=1S/C20H13ClN2O3/c21-12-8-9-17-15(11-12)23-18(13-5-1-2-7-16(13)25-17)19(26-20(23)24)14-6-3-4-10-22-14/h1-11,18-19H/t18-,19?/m0/s1. The van der Waals surface area contributed by atoms with Crippen LogP contribution in [0.4, 0.5) is 10.5 Å². The average molecular weight is 365 g/mol. The lowest BCUT2D eigenvalue weighted by atomic mass is 9.97. The van der Waals surface area contributed by atoms with E-state index in [0.717, 1.165) is 5.56 Å². The number of pyridine rings is 1. The smallest absolute Gasteiger partial charge is 0.415 e. The molecule has 1 amide bonds. The predicted octanol–water partition coefficient (Wildman–Crippen LogP) is 5.28. The Labute approximate surface area is 154 Å². The highest BCUT2D eigenvalue weighted by Crippen LogP contribution is 2.53. The minimum absolute atomic E-state index is 0.395. The number of nitrogens with zero attached hydrogens (tertiary/aromatic N) is 2. The summed E-state index contributed by atoms with van der Waals surface area (Å²) in [7, 11) is 0. The number of fused-ring (bicyclic) bond motifs is 5. The number of cyclic esters (lactones) is 1. The lowest BCUT2D eigenvalue weighted by Gasteiger charge is -2.23. The first-order chi connectivity index (χ1) is 12.7. The highest BCUT2D eigenvalue weighted by atomic mass is 35.5. The molecule has 6 heteroatoms. The molecule has 2 aromatic carbocycles. The maximum absolute atomic E-state index is 12.8. The number of hydrogen-bond donors (Lipinski definition) is 0. The van der Waals surface area contributed by atoms with Gasteiger partial charge in [0.1, 0.15) is 11.8 Å². The van der Waals surface area contributed by atoms with Crippen molar-refractivity contribution in [2.24, 2.45) is 0 Å². The van der Waals surface area contributed by atoms with Crippen molar-refractivity contribution >= 4 is 23.4 Å². The van der Waals surface area contributed by atoms with Crippen molar-refractivity contribution in [2.75, 3.05) is 4.90 Å². The Morgan fingerprint density at radius 3 is 2.69 bits per heavy atom. The van der Waals surface area contributed by atoms with E-state index in [4.69, 9.17) is 21.1 Å². The molecule has 1 aromatic heterocycles. The number of amides is 1. The monoisotopic (exact) mass is 364 g/mol. The molecule has 0 N–H and O–H groups in total. The van der Waals surface area contributed by atoms with Gasteiger partial charge in [-0.3, -0.25) is 9.88 Å². The molecule has 5 nitrogen and oxygen atoms in total. The van der Waals surface area contributed by atoms with Crippen LogP contribution in [0.2, 0.25) is 5.02 Å². The summed E-state index contributed by atoms with van der Waals surface area (Å²) in [5.41, 5.74) is 2.14. The Hall–Kier alpha value is -3.05. The number of hydrogen-bond acceptors (Lipinski definition) is 4. The van der Waals surface area contributed by atoms with E-state index in [2.05, 4.69) is 4.98 Å². The third-order valence-electron chi connectivity index (χ3n) is 4.61. The highest BCUT2D eigenvalue weighted by molar-refractivity contribution is 6.31. The number of benzene rings is 2. The molecule has 3 heterocycles. The second-order valence-corrected chi connectivity index (χ2v) is 6.56. The van der Waals surface area contributed by atoms with Gasteiger partial charge in [-0.15, -0.1) is 0 Å². The summed E-state index contributed by atoms with van der Waals surface area (Å²) >= 11 is 6.19. The van der Waals surface area contributed by atoms with Crippen LogP contribution in [0, 0.1) is 0 Å². The quantitative estimate of drug-likeness (QED) is 0.589. The predicted molar refractivity (Wildman–Crippen MR) is 96.6 cm³/mol. The van der Waals surface area contributed by atoms with Crippen molar-refractivity contribution in [3.05, 3.63) is 83.1 Å². The minimum Gasteiger partial charge on any atom is -0.455 e. The SMILES string of the molecule is O=C1OC(c2ccccn2)[C@@H]2c3ccccc3Oc3ccc(Cl)cc3N12. The first kappa shape index (κ1) is 15.2. The van der Waals surface area contributed by atoms with E-state index in [-0.39, 0.29) is 0 Å². The highest BCUT2D eigenvalue weighted by Gasteiger charge is 2.48. The number of halogens is 1. The first-order valence-corrected chi connectivity index (χ1v) is 8.57. The number of ether oxygens (including phenoxy) is 2. The van der Waals surface area contributed by atoms with Gasteiger partial charge in [-0.05, 0) is 36.4 Å². The zero-order valence-electron chi connectivity index (χ0n) is 13.5. The summed E-state index contributed by atoms with van der Waals surface area (Å²) in [6, 6.07) is 18.0. The molecule has 2 aliphatic rings. The Morgan fingerprint density at radius 2 is 1.85 bits per heavy atom. The van der Waals surface area contributed by atoms with Crippen LogP contribution in [0.5, 0.6) is 11.5 Å². The number of aromatic nitrogens is 1. The number of carbonyl (C=O) groups is 1. The molecule has 0 radical (unpaired) electrons. The van der Waals surface area contributed by atoms with Gasteiger partial charge in [0.25, 0.3) is 0 Å². The zero-order chi connectivity index (χ0) is 17.7. The van der Waals surface area contributed by atoms with E-state index in [1.54, 1.807) is 29.3 Å². The van der Waals surface area contributed by atoms with Crippen LogP contribution in [-0.4, -0.2) is 11.1 Å². The van der Waals surface area contributed by atoms with E-state index in [1.165, 1.54) is 0 Å². The lowest BCUT2D eigenvalue weighted by Crippen LogP contribution is -2.27. The normalized spacial score (nSPS) is 20.3. The van der Waals surface area contributed by atoms with Crippen LogP contribution >= 0.6 is 11.6 Å². The molecule has 2 aliphatic heterocycles. The lowest BCUT2D eigenvalue weighted by molar-refractivity contribution is 0.129. The third kappa shape index (κ3) is 2.24. The van der Waals surface area contributed by atoms with Crippen LogP contribution in [-0.2, 0) is 4.74 Å². The number of anilines is 1. The summed E-state index contributed by atoms with van der Waals surface area (Å²) in [6.07, 6.45) is 0.698. The summed E-state index contributed by atoms with van der Waals surface area (Å²) in [4.78, 5) is 18.8. The Morgan fingerprint density at radius 1 is 1.00 bits per heavy atom. The third-order valence-corrected chi connectivity index (χ3v) is 4.84. The number of rotatable bonds is 1. The molecule has 0 aliphatic carbocycles. The molecule has 128 valence electrons. The summed E-state index contributed by atoms with van der Waals surface area (Å²) in [6.45, 7) is 0.